The summed E-state index contributed by atoms with van der Waals surface area (Å²) < 4.78 is 5.37. The zero-order valence-corrected chi connectivity index (χ0v) is 11.3. The minimum Gasteiger partial charge on any atom is -0.490 e. The quantitative estimate of drug-likeness (QED) is 0.797. The fourth-order valence-electron chi connectivity index (χ4n) is 1.36. The van der Waals surface area contributed by atoms with Crippen LogP contribution in [0, 0.1) is 0 Å². The Kier molecular flexibility index (Phi) is 4.54. The first kappa shape index (κ1) is 13.5. The van der Waals surface area contributed by atoms with Crippen LogP contribution < -0.4 is 15.4 Å². The molecule has 96 valence electrons. The Morgan fingerprint density at radius 1 is 1.24 bits per heavy atom. The summed E-state index contributed by atoms with van der Waals surface area (Å²) in [6, 6.07) is 0. The Bertz CT molecular complexity index is 366. The second-order valence-corrected chi connectivity index (χ2v) is 4.50. The third kappa shape index (κ3) is 3.47. The molecule has 0 aliphatic carbocycles. The number of hydrogen-bond donors (Lipinski definition) is 2. The van der Waals surface area contributed by atoms with Gasteiger partial charge in [-0.05, 0) is 27.2 Å². The highest BCUT2D eigenvalue weighted by molar-refractivity contribution is 5.64. The lowest BCUT2D eigenvalue weighted by molar-refractivity contribution is 0.412. The molecule has 0 amide bonds. The molecule has 0 unspecified atom stereocenters. The number of anilines is 2. The van der Waals surface area contributed by atoms with Crippen molar-refractivity contribution in [2.75, 3.05) is 24.3 Å². The van der Waals surface area contributed by atoms with Gasteiger partial charge < -0.3 is 15.4 Å². The Hall–Kier alpha value is -1.52. The van der Waals surface area contributed by atoms with Crippen molar-refractivity contribution < 1.29 is 4.74 Å². The molecule has 1 rings (SSSR count). The third-order valence-electron chi connectivity index (χ3n) is 2.69. The highest BCUT2D eigenvalue weighted by atomic mass is 16.5. The molecule has 2 N–H and O–H groups in total. The maximum Gasteiger partial charge on any atom is 0.204 e. The van der Waals surface area contributed by atoms with Crippen LogP contribution in [-0.2, 0) is 0 Å². The van der Waals surface area contributed by atoms with Gasteiger partial charge in [0.2, 0.25) is 5.75 Å². The van der Waals surface area contributed by atoms with Crippen LogP contribution in [0.5, 0.6) is 5.75 Å². The normalized spacial score (nSPS) is 11.1. The first-order valence-corrected chi connectivity index (χ1v) is 5.95. The van der Waals surface area contributed by atoms with E-state index in [2.05, 4.69) is 41.4 Å². The molecule has 1 aromatic rings. The van der Waals surface area contributed by atoms with Crippen molar-refractivity contribution in [2.45, 2.75) is 39.7 Å². The van der Waals surface area contributed by atoms with E-state index in [-0.39, 0.29) is 5.54 Å². The second-order valence-electron chi connectivity index (χ2n) is 4.50. The molecule has 5 heteroatoms. The van der Waals surface area contributed by atoms with E-state index >= 15 is 0 Å². The average Bonchev–Trinajstić information content (AvgIpc) is 2.29. The minimum atomic E-state index is -0.0227. The molecular weight excluding hydrogens is 216 g/mol. The molecule has 0 atom stereocenters. The van der Waals surface area contributed by atoms with Crippen LogP contribution in [-0.4, -0.2) is 29.2 Å². The molecule has 17 heavy (non-hydrogen) atoms. The highest BCUT2D eigenvalue weighted by Crippen LogP contribution is 2.31. The number of nitrogens with zero attached hydrogens (tertiary/aromatic N) is 2. The fourth-order valence-corrected chi connectivity index (χ4v) is 1.36. The van der Waals surface area contributed by atoms with Gasteiger partial charge in [0.15, 0.2) is 11.6 Å². The number of methoxy groups -OCH3 is 1. The monoisotopic (exact) mass is 238 g/mol. The van der Waals surface area contributed by atoms with Crippen LogP contribution in [0.3, 0.4) is 0 Å². The van der Waals surface area contributed by atoms with E-state index in [1.807, 2.05) is 6.92 Å². The number of rotatable bonds is 6. The molecule has 1 heterocycles. The molecular formula is C12H22N4O. The predicted octanol–water partition coefficient (Wildman–Crippen LogP) is 2.52. The fraction of sp³-hybridized carbons (Fsp3) is 0.667. The first-order valence-electron chi connectivity index (χ1n) is 5.95. The van der Waals surface area contributed by atoms with Gasteiger partial charge in [0.1, 0.15) is 6.33 Å². The first-order chi connectivity index (χ1) is 8.04. The van der Waals surface area contributed by atoms with Crippen molar-refractivity contribution >= 4 is 11.6 Å². The number of hydrogen-bond acceptors (Lipinski definition) is 5. The molecule has 0 radical (unpaired) electrons. The molecule has 1 aromatic heterocycles. The Morgan fingerprint density at radius 2 is 1.88 bits per heavy atom. The van der Waals surface area contributed by atoms with E-state index in [9.17, 15) is 0 Å². The van der Waals surface area contributed by atoms with E-state index in [0.717, 1.165) is 24.6 Å². The van der Waals surface area contributed by atoms with Crippen LogP contribution in [0.15, 0.2) is 6.33 Å². The van der Waals surface area contributed by atoms with Gasteiger partial charge in [0, 0.05) is 12.1 Å². The van der Waals surface area contributed by atoms with Crippen molar-refractivity contribution in [1.29, 1.82) is 0 Å². The lowest BCUT2D eigenvalue weighted by atomic mass is 10.0. The van der Waals surface area contributed by atoms with Crippen molar-refractivity contribution in [1.82, 2.24) is 9.97 Å². The van der Waals surface area contributed by atoms with Gasteiger partial charge in [-0.2, -0.15) is 0 Å². The molecule has 0 aliphatic heterocycles. The van der Waals surface area contributed by atoms with E-state index < -0.39 is 0 Å². The zero-order chi connectivity index (χ0) is 12.9. The van der Waals surface area contributed by atoms with Crippen LogP contribution in [0.4, 0.5) is 11.6 Å². The number of ether oxygens (including phenoxy) is 1. The average molecular weight is 238 g/mol. The summed E-state index contributed by atoms with van der Waals surface area (Å²) in [5.41, 5.74) is -0.0227. The van der Waals surface area contributed by atoms with Gasteiger partial charge in [0.05, 0.1) is 7.11 Å². The van der Waals surface area contributed by atoms with Crippen LogP contribution in [0.1, 0.15) is 34.1 Å². The summed E-state index contributed by atoms with van der Waals surface area (Å²) in [5, 5.41) is 6.53. The largest absolute Gasteiger partial charge is 0.490 e. The van der Waals surface area contributed by atoms with Crippen molar-refractivity contribution in [3.8, 4) is 5.75 Å². The van der Waals surface area contributed by atoms with Crippen LogP contribution in [0.25, 0.3) is 0 Å². The van der Waals surface area contributed by atoms with Crippen molar-refractivity contribution in [3.63, 3.8) is 0 Å². The van der Waals surface area contributed by atoms with Gasteiger partial charge in [0.25, 0.3) is 0 Å². The van der Waals surface area contributed by atoms with E-state index in [4.69, 9.17) is 4.74 Å². The molecule has 0 aromatic carbocycles. The Balaban J connectivity index is 3.02. The molecule has 5 nitrogen and oxygen atoms in total. The molecule has 0 fully saturated rings. The minimum absolute atomic E-state index is 0.0227. The summed E-state index contributed by atoms with van der Waals surface area (Å²) >= 11 is 0. The molecule has 0 saturated heterocycles. The van der Waals surface area contributed by atoms with E-state index in [1.54, 1.807) is 7.11 Å². The van der Waals surface area contributed by atoms with Crippen molar-refractivity contribution in [2.24, 2.45) is 0 Å². The van der Waals surface area contributed by atoms with Crippen LogP contribution >= 0.6 is 0 Å². The maximum absolute atomic E-state index is 5.37. The molecule has 0 saturated carbocycles. The number of aromatic nitrogens is 2. The predicted molar refractivity (Wildman–Crippen MR) is 70.7 cm³/mol. The summed E-state index contributed by atoms with van der Waals surface area (Å²) in [5.74, 6) is 2.11. The SMILES string of the molecule is CCNc1ncnc(NC(C)(C)CC)c1OC. The maximum atomic E-state index is 5.37. The molecule has 0 aliphatic rings. The Labute approximate surface area is 103 Å². The smallest absolute Gasteiger partial charge is 0.204 e. The van der Waals surface area contributed by atoms with Gasteiger partial charge >= 0.3 is 0 Å². The summed E-state index contributed by atoms with van der Waals surface area (Å²) in [6.45, 7) is 9.20. The standard InChI is InChI=1S/C12H22N4O/c1-6-12(3,4)16-11-9(17-5)10(13-7-2)14-8-15-11/h8H,6-7H2,1-5H3,(H2,13,14,15,16). The van der Waals surface area contributed by atoms with Gasteiger partial charge in [-0.1, -0.05) is 6.92 Å². The van der Waals surface area contributed by atoms with Gasteiger partial charge in [-0.3, -0.25) is 0 Å². The van der Waals surface area contributed by atoms with Crippen molar-refractivity contribution in [3.05, 3.63) is 6.33 Å². The van der Waals surface area contributed by atoms with Gasteiger partial charge in [-0.15, -0.1) is 0 Å². The summed E-state index contributed by atoms with van der Waals surface area (Å²) in [6.07, 6.45) is 2.53. The second kappa shape index (κ2) is 5.70. The Morgan fingerprint density at radius 3 is 2.41 bits per heavy atom. The lowest BCUT2D eigenvalue weighted by Gasteiger charge is -2.26. The highest BCUT2D eigenvalue weighted by Gasteiger charge is 2.19. The third-order valence-corrected chi connectivity index (χ3v) is 2.69. The van der Waals surface area contributed by atoms with Gasteiger partial charge in [-0.25, -0.2) is 9.97 Å². The topological polar surface area (TPSA) is 59.1 Å². The summed E-state index contributed by atoms with van der Waals surface area (Å²) in [7, 11) is 1.63. The number of nitrogens with one attached hydrogen (secondary N) is 2. The van der Waals surface area contributed by atoms with E-state index in [1.165, 1.54) is 6.33 Å². The van der Waals surface area contributed by atoms with E-state index in [0.29, 0.717) is 5.75 Å². The summed E-state index contributed by atoms with van der Waals surface area (Å²) in [4.78, 5) is 8.41. The lowest BCUT2D eigenvalue weighted by Crippen LogP contribution is -2.30. The molecule has 0 bridgehead atoms. The molecule has 0 spiro atoms. The van der Waals surface area contributed by atoms with Crippen LogP contribution in [0.2, 0.25) is 0 Å². The zero-order valence-electron chi connectivity index (χ0n) is 11.3.